The highest BCUT2D eigenvalue weighted by molar-refractivity contribution is 7.90. The van der Waals surface area contributed by atoms with Crippen LogP contribution < -0.4 is 9.62 Å². The number of hydrogen-bond donors (Lipinski definition) is 1. The Bertz CT molecular complexity index is 1600. The zero-order valence-electron chi connectivity index (χ0n) is 23.5. The molecule has 3 aromatic rings. The second kappa shape index (κ2) is 11.7. The van der Waals surface area contributed by atoms with E-state index in [0.717, 1.165) is 49.2 Å². The van der Waals surface area contributed by atoms with Crippen molar-refractivity contribution in [2.45, 2.75) is 56.8 Å². The van der Waals surface area contributed by atoms with Crippen LogP contribution in [0.4, 0.5) is 5.69 Å². The van der Waals surface area contributed by atoms with Crippen LogP contribution in [0.1, 0.15) is 59.7 Å². The summed E-state index contributed by atoms with van der Waals surface area (Å²) in [6.07, 6.45) is 4.87. The van der Waals surface area contributed by atoms with Gasteiger partial charge in [0.05, 0.1) is 35.1 Å². The number of anilines is 1. The summed E-state index contributed by atoms with van der Waals surface area (Å²) in [5.74, 6) is 0.813. The third-order valence-corrected chi connectivity index (χ3v) is 11.1. The molecule has 4 fully saturated rings. The summed E-state index contributed by atoms with van der Waals surface area (Å²) < 4.78 is 44.7. The van der Waals surface area contributed by atoms with E-state index < -0.39 is 15.9 Å². The molecule has 1 unspecified atom stereocenters. The normalized spacial score (nSPS) is 25.0. The van der Waals surface area contributed by atoms with Crippen LogP contribution in [0.25, 0.3) is 11.3 Å². The van der Waals surface area contributed by atoms with Crippen molar-refractivity contribution < 1.29 is 27.2 Å². The Kier molecular flexibility index (Phi) is 7.92. The number of aromatic nitrogens is 1. The zero-order valence-corrected chi connectivity index (χ0v) is 25.8. The van der Waals surface area contributed by atoms with Crippen molar-refractivity contribution in [2.24, 2.45) is 11.8 Å². The van der Waals surface area contributed by atoms with Gasteiger partial charge >= 0.3 is 0 Å². The third-order valence-electron chi connectivity index (χ3n) is 9.07. The van der Waals surface area contributed by atoms with Gasteiger partial charge in [0.1, 0.15) is 11.5 Å². The van der Waals surface area contributed by atoms with Gasteiger partial charge < -0.3 is 18.9 Å². The van der Waals surface area contributed by atoms with Gasteiger partial charge in [0, 0.05) is 59.3 Å². The maximum absolute atomic E-state index is 12.7. The molecule has 0 radical (unpaired) electrons. The molecule has 43 heavy (non-hydrogen) atoms. The van der Waals surface area contributed by atoms with E-state index in [1.54, 1.807) is 24.3 Å². The Morgan fingerprint density at radius 1 is 1.07 bits per heavy atom. The fourth-order valence-electron chi connectivity index (χ4n) is 6.74. The van der Waals surface area contributed by atoms with Crippen molar-refractivity contribution in [3.05, 3.63) is 69.4 Å². The molecule has 228 valence electrons. The van der Waals surface area contributed by atoms with Gasteiger partial charge in [0.15, 0.2) is 0 Å². The summed E-state index contributed by atoms with van der Waals surface area (Å²) >= 11 is 13.0. The lowest BCUT2D eigenvalue weighted by Crippen LogP contribution is -2.38. The summed E-state index contributed by atoms with van der Waals surface area (Å²) in [6, 6.07) is 12.9. The Morgan fingerprint density at radius 2 is 1.84 bits per heavy atom. The number of fused-ring (bicyclic) bond motifs is 2. The minimum absolute atomic E-state index is 0.0782. The fourth-order valence-corrected chi connectivity index (χ4v) is 8.68. The quantitative estimate of drug-likeness (QED) is 0.294. The van der Waals surface area contributed by atoms with E-state index in [2.05, 4.69) is 14.8 Å². The monoisotopic (exact) mass is 645 g/mol. The van der Waals surface area contributed by atoms with Crippen LogP contribution >= 0.6 is 23.2 Å². The molecule has 9 nitrogen and oxygen atoms in total. The van der Waals surface area contributed by atoms with Crippen molar-refractivity contribution in [2.75, 3.05) is 30.4 Å². The first-order valence-electron chi connectivity index (χ1n) is 14.8. The molecule has 12 heteroatoms. The standard InChI is InChI=1S/C31H33Cl2N3O6S/c32-25-2-1-3-26(33)28(25)29-24(30(42-34-29)19-4-5-19)16-41-27-13-23-12-21(27)14-36(23)22-8-6-20(7-9-22)31(37)35-43(38,39)17-18-10-11-40-15-18/h1-3,6-9,18-19,21,23,27H,4-5,10-17H2,(H,35,37)/t18?,21-,23-,27+/m0/s1. The first-order valence-corrected chi connectivity index (χ1v) is 17.2. The van der Waals surface area contributed by atoms with Gasteiger partial charge in [-0.3, -0.25) is 4.79 Å². The Hall–Kier alpha value is -2.63. The molecular weight excluding hydrogens is 613 g/mol. The third kappa shape index (κ3) is 6.04. The average Bonchev–Trinajstić information content (AvgIpc) is 3.31. The number of nitrogens with one attached hydrogen (secondary N) is 1. The lowest BCUT2D eigenvalue weighted by molar-refractivity contribution is 0.0122. The zero-order chi connectivity index (χ0) is 29.7. The van der Waals surface area contributed by atoms with Crippen LogP contribution in [0, 0.1) is 11.8 Å². The second-order valence-electron chi connectivity index (χ2n) is 12.1. The van der Waals surface area contributed by atoms with Crippen molar-refractivity contribution >= 4 is 44.8 Å². The lowest BCUT2D eigenvalue weighted by atomic mass is 10.0. The van der Waals surface area contributed by atoms with Gasteiger partial charge in [0.2, 0.25) is 10.0 Å². The summed E-state index contributed by atoms with van der Waals surface area (Å²) in [5.41, 5.74) is 3.60. The second-order valence-corrected chi connectivity index (χ2v) is 14.7. The SMILES string of the molecule is O=C(NS(=O)(=O)CC1CCOC1)c1ccc(N2C[C@@H]3C[C@H]2C[C@H]3OCc2c(-c3c(Cl)cccc3Cl)noc2C2CC2)cc1. The van der Waals surface area contributed by atoms with E-state index in [4.69, 9.17) is 37.2 Å². The van der Waals surface area contributed by atoms with Crippen LogP contribution in [0.5, 0.6) is 0 Å². The molecular formula is C31H33Cl2N3O6S. The van der Waals surface area contributed by atoms with Crippen molar-refractivity contribution in [3.63, 3.8) is 0 Å². The lowest BCUT2D eigenvalue weighted by Gasteiger charge is -2.33. The maximum Gasteiger partial charge on any atom is 0.264 e. The maximum atomic E-state index is 12.7. The number of halogens is 2. The van der Waals surface area contributed by atoms with E-state index >= 15 is 0 Å². The molecule has 2 bridgehead atoms. The number of hydrogen-bond acceptors (Lipinski definition) is 8. The number of piperidine rings is 1. The van der Waals surface area contributed by atoms with E-state index in [1.807, 2.05) is 18.2 Å². The smallest absolute Gasteiger partial charge is 0.264 e. The highest BCUT2D eigenvalue weighted by atomic mass is 35.5. The van der Waals surface area contributed by atoms with E-state index in [-0.39, 0.29) is 17.8 Å². The predicted octanol–water partition coefficient (Wildman–Crippen LogP) is 5.81. The van der Waals surface area contributed by atoms with Crippen LogP contribution in [-0.2, 0) is 26.1 Å². The molecule has 2 aliphatic heterocycles. The van der Waals surface area contributed by atoms with Crippen LogP contribution in [0.15, 0.2) is 47.0 Å². The number of benzene rings is 2. The molecule has 7 rings (SSSR count). The number of rotatable bonds is 10. The summed E-state index contributed by atoms with van der Waals surface area (Å²) in [7, 11) is -3.73. The molecule has 1 amide bonds. The van der Waals surface area contributed by atoms with Crippen molar-refractivity contribution in [1.29, 1.82) is 0 Å². The molecule has 1 aromatic heterocycles. The highest BCUT2D eigenvalue weighted by Gasteiger charge is 2.46. The molecule has 2 saturated heterocycles. The number of sulfonamides is 1. The minimum Gasteiger partial charge on any atom is -0.381 e. The number of ether oxygens (including phenoxy) is 2. The molecule has 2 saturated carbocycles. The number of amides is 1. The molecule has 4 atom stereocenters. The minimum atomic E-state index is -3.73. The number of nitrogens with zero attached hydrogens (tertiary/aromatic N) is 2. The summed E-state index contributed by atoms with van der Waals surface area (Å²) in [4.78, 5) is 15.0. The average molecular weight is 647 g/mol. The van der Waals surface area contributed by atoms with E-state index in [1.165, 1.54) is 0 Å². The largest absolute Gasteiger partial charge is 0.381 e. The van der Waals surface area contributed by atoms with E-state index in [9.17, 15) is 13.2 Å². The predicted molar refractivity (Wildman–Crippen MR) is 163 cm³/mol. The fraction of sp³-hybridized carbons (Fsp3) is 0.484. The molecule has 4 aliphatic rings. The van der Waals surface area contributed by atoms with Crippen molar-refractivity contribution in [3.8, 4) is 11.3 Å². The Labute approximate surface area is 260 Å². The summed E-state index contributed by atoms with van der Waals surface area (Å²) in [5, 5.41) is 5.44. The Morgan fingerprint density at radius 3 is 2.49 bits per heavy atom. The Balaban J connectivity index is 0.977. The van der Waals surface area contributed by atoms with Crippen LogP contribution in [0.3, 0.4) is 0 Å². The van der Waals surface area contributed by atoms with Gasteiger partial charge in [-0.1, -0.05) is 34.4 Å². The molecule has 2 aromatic carbocycles. The molecule has 3 heterocycles. The van der Waals surface area contributed by atoms with Gasteiger partial charge in [-0.2, -0.15) is 0 Å². The van der Waals surface area contributed by atoms with E-state index in [0.29, 0.717) is 71.0 Å². The molecule has 1 N–H and O–H groups in total. The van der Waals surface area contributed by atoms with Gasteiger partial charge in [0.25, 0.3) is 5.91 Å². The summed E-state index contributed by atoms with van der Waals surface area (Å²) in [6.45, 7) is 2.21. The first-order chi connectivity index (χ1) is 20.8. The number of carbonyl (C=O) groups is 1. The molecule has 0 spiro atoms. The first kappa shape index (κ1) is 29.1. The van der Waals surface area contributed by atoms with Crippen molar-refractivity contribution in [1.82, 2.24) is 9.88 Å². The highest BCUT2D eigenvalue weighted by Crippen LogP contribution is 2.47. The van der Waals surface area contributed by atoms with Gasteiger partial charge in [-0.15, -0.1) is 0 Å². The topological polar surface area (TPSA) is 111 Å². The van der Waals surface area contributed by atoms with Crippen LogP contribution in [-0.4, -0.2) is 57.1 Å². The molecule has 2 aliphatic carbocycles. The van der Waals surface area contributed by atoms with Gasteiger partial charge in [-0.25, -0.2) is 13.1 Å². The number of carbonyl (C=O) groups excluding carboxylic acids is 1. The van der Waals surface area contributed by atoms with Gasteiger partial charge in [-0.05, 0) is 68.5 Å². The van der Waals surface area contributed by atoms with Crippen LogP contribution in [0.2, 0.25) is 10.0 Å².